The molecule has 0 spiro atoms. The molecule has 1 fully saturated rings. The van der Waals surface area contributed by atoms with E-state index in [2.05, 4.69) is 10.3 Å². The minimum absolute atomic E-state index is 0.0434. The summed E-state index contributed by atoms with van der Waals surface area (Å²) in [6.07, 6.45) is 2.37. The Morgan fingerprint density at radius 1 is 1.43 bits per heavy atom. The molecule has 8 heteroatoms. The topological polar surface area (TPSA) is 85.1 Å². The van der Waals surface area contributed by atoms with Gasteiger partial charge in [-0.05, 0) is 31.9 Å². The van der Waals surface area contributed by atoms with E-state index in [1.54, 1.807) is 19.1 Å². The largest absolute Gasteiger partial charge is 0.301 e. The summed E-state index contributed by atoms with van der Waals surface area (Å²) in [5, 5.41) is 15.8. The number of non-ortho nitro benzene ring substituents is 1. The number of anilines is 1. The summed E-state index contributed by atoms with van der Waals surface area (Å²) in [6.45, 7) is 1.80. The highest BCUT2D eigenvalue weighted by Crippen LogP contribution is 2.41. The third kappa shape index (κ3) is 4.08. The van der Waals surface area contributed by atoms with Crippen LogP contribution in [0.4, 0.5) is 10.8 Å². The van der Waals surface area contributed by atoms with Gasteiger partial charge in [-0.3, -0.25) is 14.9 Å². The Morgan fingerprint density at radius 2 is 2.13 bits per heavy atom. The van der Waals surface area contributed by atoms with Crippen molar-refractivity contribution in [3.8, 4) is 0 Å². The van der Waals surface area contributed by atoms with Crippen molar-refractivity contribution in [1.82, 2.24) is 4.98 Å². The fraction of sp³-hybridized carbons (Fsp3) is 0.333. The third-order valence-electron chi connectivity index (χ3n) is 3.48. The zero-order chi connectivity index (χ0) is 16.4. The van der Waals surface area contributed by atoms with Crippen LogP contribution < -0.4 is 5.32 Å². The van der Waals surface area contributed by atoms with E-state index in [1.807, 2.05) is 5.38 Å². The number of nitrogens with zero attached hydrogens (tertiary/aromatic N) is 2. The predicted molar refractivity (Wildman–Crippen MR) is 91.1 cm³/mol. The maximum atomic E-state index is 12.2. The second-order valence-electron chi connectivity index (χ2n) is 5.35. The highest BCUT2D eigenvalue weighted by Gasteiger charge is 2.26. The van der Waals surface area contributed by atoms with Crippen molar-refractivity contribution in [3.05, 3.63) is 45.5 Å². The molecule has 1 aromatic heterocycles. The number of carbonyl (C=O) groups is 1. The van der Waals surface area contributed by atoms with Gasteiger partial charge in [0, 0.05) is 28.3 Å². The van der Waals surface area contributed by atoms with Crippen molar-refractivity contribution in [3.63, 3.8) is 0 Å². The van der Waals surface area contributed by atoms with E-state index in [9.17, 15) is 14.9 Å². The molecular formula is C15H15N3O3S2. The first-order valence-electron chi connectivity index (χ1n) is 7.20. The van der Waals surface area contributed by atoms with Crippen LogP contribution in [0.25, 0.3) is 0 Å². The molecule has 1 heterocycles. The van der Waals surface area contributed by atoms with Crippen LogP contribution in [0.15, 0.2) is 34.5 Å². The monoisotopic (exact) mass is 349 g/mol. The quantitative estimate of drug-likeness (QED) is 0.483. The second kappa shape index (κ2) is 6.67. The number of amides is 1. The van der Waals surface area contributed by atoms with Crippen LogP contribution in [0, 0.1) is 10.1 Å². The van der Waals surface area contributed by atoms with Gasteiger partial charge >= 0.3 is 0 Å². The number of thioether (sulfide) groups is 1. The van der Waals surface area contributed by atoms with Crippen molar-refractivity contribution in [2.75, 3.05) is 5.32 Å². The third-order valence-corrected chi connectivity index (χ3v) is 5.37. The molecule has 0 aliphatic heterocycles. The Kier molecular flexibility index (Phi) is 4.63. The molecule has 0 bridgehead atoms. The van der Waals surface area contributed by atoms with Crippen molar-refractivity contribution < 1.29 is 9.72 Å². The van der Waals surface area contributed by atoms with E-state index in [1.165, 1.54) is 48.1 Å². The number of benzene rings is 1. The summed E-state index contributed by atoms with van der Waals surface area (Å²) in [6, 6.07) is 6.19. The number of aromatic nitrogens is 1. The first kappa shape index (κ1) is 15.9. The Balaban J connectivity index is 1.56. The molecule has 1 unspecified atom stereocenters. The van der Waals surface area contributed by atoms with Gasteiger partial charge in [0.15, 0.2) is 5.13 Å². The summed E-state index contributed by atoms with van der Waals surface area (Å²) < 4.78 is 0. The summed E-state index contributed by atoms with van der Waals surface area (Å²) in [5.74, 6) is 0.453. The lowest BCUT2D eigenvalue weighted by atomic mass is 10.3. The van der Waals surface area contributed by atoms with Gasteiger partial charge in [0.05, 0.1) is 15.9 Å². The van der Waals surface area contributed by atoms with E-state index in [4.69, 9.17) is 0 Å². The van der Waals surface area contributed by atoms with Gasteiger partial charge in [-0.15, -0.1) is 23.1 Å². The number of carbonyl (C=O) groups excluding carboxylic acids is 1. The van der Waals surface area contributed by atoms with E-state index in [-0.39, 0.29) is 16.8 Å². The number of thiazole rings is 1. The summed E-state index contributed by atoms with van der Waals surface area (Å²) in [5.41, 5.74) is 1.11. The molecule has 1 aliphatic carbocycles. The molecule has 1 aromatic carbocycles. The fourth-order valence-electron chi connectivity index (χ4n) is 2.02. The van der Waals surface area contributed by atoms with Gasteiger partial charge in [0.2, 0.25) is 5.91 Å². The van der Waals surface area contributed by atoms with Crippen molar-refractivity contribution in [2.45, 2.75) is 35.8 Å². The summed E-state index contributed by atoms with van der Waals surface area (Å²) >= 11 is 2.81. The number of nitro benzene ring substituents is 1. The smallest absolute Gasteiger partial charge is 0.269 e. The van der Waals surface area contributed by atoms with Gasteiger partial charge in [0.1, 0.15) is 0 Å². The van der Waals surface area contributed by atoms with Crippen LogP contribution in [-0.4, -0.2) is 21.1 Å². The number of nitro groups is 1. The molecule has 1 atom stereocenters. The number of nitrogens with one attached hydrogen (secondary N) is 1. The Bertz CT molecular complexity index is 726. The van der Waals surface area contributed by atoms with E-state index in [0.717, 1.165) is 10.6 Å². The highest BCUT2D eigenvalue weighted by molar-refractivity contribution is 8.00. The van der Waals surface area contributed by atoms with Gasteiger partial charge in [-0.25, -0.2) is 4.98 Å². The average Bonchev–Trinajstić information content (AvgIpc) is 3.28. The van der Waals surface area contributed by atoms with Gasteiger partial charge in [-0.2, -0.15) is 0 Å². The van der Waals surface area contributed by atoms with Gasteiger partial charge < -0.3 is 5.32 Å². The van der Waals surface area contributed by atoms with Crippen LogP contribution >= 0.6 is 23.1 Å². The molecule has 0 saturated heterocycles. The van der Waals surface area contributed by atoms with E-state index < -0.39 is 4.92 Å². The van der Waals surface area contributed by atoms with Gasteiger partial charge in [-0.1, -0.05) is 0 Å². The zero-order valence-electron chi connectivity index (χ0n) is 12.4. The van der Waals surface area contributed by atoms with Crippen molar-refractivity contribution in [1.29, 1.82) is 0 Å². The lowest BCUT2D eigenvalue weighted by Crippen LogP contribution is -2.22. The zero-order valence-corrected chi connectivity index (χ0v) is 14.0. The number of hydrogen-bond donors (Lipinski definition) is 1. The maximum absolute atomic E-state index is 12.2. The Hall–Kier alpha value is -1.93. The Morgan fingerprint density at radius 3 is 2.74 bits per heavy atom. The molecule has 1 saturated carbocycles. The number of rotatable bonds is 6. The molecular weight excluding hydrogens is 334 g/mol. The predicted octanol–water partition coefficient (Wildman–Crippen LogP) is 4.05. The average molecular weight is 349 g/mol. The normalized spacial score (nSPS) is 15.2. The molecule has 2 aromatic rings. The number of hydrogen-bond acceptors (Lipinski definition) is 6. The minimum Gasteiger partial charge on any atom is -0.301 e. The van der Waals surface area contributed by atoms with Crippen LogP contribution in [0.3, 0.4) is 0 Å². The SMILES string of the molecule is CC(Sc1ccc([N+](=O)[O-])cc1)C(=O)Nc1nc(C2CC2)cs1. The maximum Gasteiger partial charge on any atom is 0.269 e. The molecule has 0 radical (unpaired) electrons. The first-order valence-corrected chi connectivity index (χ1v) is 8.96. The molecule has 1 N–H and O–H groups in total. The van der Waals surface area contributed by atoms with Gasteiger partial charge in [0.25, 0.3) is 5.69 Å². The van der Waals surface area contributed by atoms with Crippen molar-refractivity contribution in [2.24, 2.45) is 0 Å². The summed E-state index contributed by atoms with van der Waals surface area (Å²) in [4.78, 5) is 27.7. The van der Waals surface area contributed by atoms with Crippen LogP contribution in [0.2, 0.25) is 0 Å². The molecule has 120 valence electrons. The molecule has 6 nitrogen and oxygen atoms in total. The minimum atomic E-state index is -0.440. The van der Waals surface area contributed by atoms with Crippen LogP contribution in [-0.2, 0) is 4.79 Å². The lowest BCUT2D eigenvalue weighted by molar-refractivity contribution is -0.384. The van der Waals surface area contributed by atoms with Crippen molar-refractivity contribution >= 4 is 39.8 Å². The summed E-state index contributed by atoms with van der Waals surface area (Å²) in [7, 11) is 0. The second-order valence-corrected chi connectivity index (χ2v) is 7.62. The lowest BCUT2D eigenvalue weighted by Gasteiger charge is -2.10. The molecule has 1 aliphatic rings. The standard InChI is InChI=1S/C15H15N3O3S2/c1-9(23-12-6-4-11(5-7-12)18(20)21)14(19)17-15-16-13(8-22-15)10-2-3-10/h4-10H,2-3H2,1H3,(H,16,17,19). The first-order chi connectivity index (χ1) is 11.0. The molecule has 23 heavy (non-hydrogen) atoms. The van der Waals surface area contributed by atoms with Crippen LogP contribution in [0.5, 0.6) is 0 Å². The Labute approximate surface area is 141 Å². The molecule has 1 amide bonds. The highest BCUT2D eigenvalue weighted by atomic mass is 32.2. The fourth-order valence-corrected chi connectivity index (χ4v) is 3.68. The molecule has 3 rings (SSSR count). The van der Waals surface area contributed by atoms with E-state index in [0.29, 0.717) is 11.0 Å². The van der Waals surface area contributed by atoms with E-state index >= 15 is 0 Å². The van der Waals surface area contributed by atoms with Crippen LogP contribution in [0.1, 0.15) is 31.4 Å².